The first kappa shape index (κ1) is 11.6. The molecule has 1 aliphatic carbocycles. The molecule has 1 aliphatic rings. The molecule has 0 radical (unpaired) electrons. The molecule has 1 aromatic rings. The lowest BCUT2D eigenvalue weighted by molar-refractivity contribution is 0.181. The van der Waals surface area contributed by atoms with E-state index in [0.717, 1.165) is 25.9 Å². The summed E-state index contributed by atoms with van der Waals surface area (Å²) in [4.78, 5) is 4.19. The van der Waals surface area contributed by atoms with E-state index >= 15 is 0 Å². The molecule has 0 saturated heterocycles. The summed E-state index contributed by atoms with van der Waals surface area (Å²) < 4.78 is 2.28. The van der Waals surface area contributed by atoms with Crippen molar-refractivity contribution in [1.82, 2.24) is 14.9 Å². The van der Waals surface area contributed by atoms with Crippen LogP contribution in [0.1, 0.15) is 44.3 Å². The molecular formula is C12H21N3O. The first-order chi connectivity index (χ1) is 7.77. The van der Waals surface area contributed by atoms with Crippen LogP contribution in [0.4, 0.5) is 0 Å². The number of nitrogens with zero attached hydrogens (tertiary/aromatic N) is 2. The standard InChI is InChI=1S/C12H21N3O/c1-10(16)3-2-6-13-7-12-8-14-9-15(12)11-4-5-11/h8-11,13,16H,2-7H2,1H3. The molecule has 1 fully saturated rings. The van der Waals surface area contributed by atoms with Gasteiger partial charge in [-0.05, 0) is 39.2 Å². The van der Waals surface area contributed by atoms with E-state index in [-0.39, 0.29) is 6.10 Å². The highest BCUT2D eigenvalue weighted by Crippen LogP contribution is 2.35. The summed E-state index contributed by atoms with van der Waals surface area (Å²) >= 11 is 0. The van der Waals surface area contributed by atoms with Crippen molar-refractivity contribution in [3.05, 3.63) is 18.2 Å². The lowest BCUT2D eigenvalue weighted by Crippen LogP contribution is -2.18. The van der Waals surface area contributed by atoms with Gasteiger partial charge in [-0.1, -0.05) is 0 Å². The average Bonchev–Trinajstić information content (AvgIpc) is 2.98. The number of aliphatic hydroxyl groups excluding tert-OH is 1. The maximum Gasteiger partial charge on any atom is 0.0951 e. The van der Waals surface area contributed by atoms with Gasteiger partial charge in [0.25, 0.3) is 0 Å². The Morgan fingerprint density at radius 3 is 3.12 bits per heavy atom. The Balaban J connectivity index is 1.67. The molecular weight excluding hydrogens is 202 g/mol. The monoisotopic (exact) mass is 223 g/mol. The van der Waals surface area contributed by atoms with E-state index in [1.807, 2.05) is 19.4 Å². The van der Waals surface area contributed by atoms with Crippen LogP contribution < -0.4 is 5.32 Å². The third-order valence-corrected chi connectivity index (χ3v) is 2.97. The molecule has 1 atom stereocenters. The van der Waals surface area contributed by atoms with Gasteiger partial charge in [0.2, 0.25) is 0 Å². The Bertz CT molecular complexity index is 318. The normalized spacial score (nSPS) is 17.6. The van der Waals surface area contributed by atoms with Crippen molar-refractivity contribution in [1.29, 1.82) is 0 Å². The number of imidazole rings is 1. The second-order valence-corrected chi connectivity index (χ2v) is 4.69. The van der Waals surface area contributed by atoms with Gasteiger partial charge >= 0.3 is 0 Å². The predicted octanol–water partition coefficient (Wildman–Crippen LogP) is 1.47. The number of rotatable bonds is 7. The van der Waals surface area contributed by atoms with Gasteiger partial charge < -0.3 is 15.0 Å². The number of nitrogens with one attached hydrogen (secondary N) is 1. The van der Waals surface area contributed by atoms with Crippen molar-refractivity contribution < 1.29 is 5.11 Å². The fourth-order valence-electron chi connectivity index (χ4n) is 1.89. The van der Waals surface area contributed by atoms with Gasteiger partial charge in [0.05, 0.1) is 18.1 Å². The summed E-state index contributed by atoms with van der Waals surface area (Å²) in [7, 11) is 0. The second-order valence-electron chi connectivity index (χ2n) is 4.69. The van der Waals surface area contributed by atoms with Gasteiger partial charge in [-0.15, -0.1) is 0 Å². The van der Waals surface area contributed by atoms with Crippen molar-refractivity contribution >= 4 is 0 Å². The van der Waals surface area contributed by atoms with Crippen molar-refractivity contribution in [3.63, 3.8) is 0 Å². The topological polar surface area (TPSA) is 50.1 Å². The first-order valence-electron chi connectivity index (χ1n) is 6.17. The van der Waals surface area contributed by atoms with Gasteiger partial charge in [-0.3, -0.25) is 0 Å². The van der Waals surface area contributed by atoms with Crippen molar-refractivity contribution in [2.45, 2.75) is 51.3 Å². The summed E-state index contributed by atoms with van der Waals surface area (Å²) in [6, 6.07) is 0.705. The zero-order valence-electron chi connectivity index (χ0n) is 9.89. The fraction of sp³-hybridized carbons (Fsp3) is 0.750. The Labute approximate surface area is 96.7 Å². The maximum atomic E-state index is 9.12. The molecule has 1 heterocycles. The predicted molar refractivity (Wildman–Crippen MR) is 63.1 cm³/mol. The van der Waals surface area contributed by atoms with Crippen molar-refractivity contribution in [2.75, 3.05) is 6.54 Å². The first-order valence-corrected chi connectivity index (χ1v) is 6.17. The van der Waals surface area contributed by atoms with E-state index in [4.69, 9.17) is 5.11 Å². The SMILES string of the molecule is CC(O)CCCNCc1cncn1C1CC1. The fourth-order valence-corrected chi connectivity index (χ4v) is 1.89. The Kier molecular flexibility index (Phi) is 3.96. The molecule has 2 N–H and O–H groups in total. The minimum Gasteiger partial charge on any atom is -0.393 e. The number of aliphatic hydroxyl groups is 1. The molecule has 0 amide bonds. The van der Waals surface area contributed by atoms with Gasteiger partial charge in [-0.25, -0.2) is 4.98 Å². The summed E-state index contributed by atoms with van der Waals surface area (Å²) in [6.45, 7) is 3.68. The van der Waals surface area contributed by atoms with Gasteiger partial charge in [0, 0.05) is 18.8 Å². The highest BCUT2D eigenvalue weighted by molar-refractivity contribution is 5.03. The van der Waals surface area contributed by atoms with Crippen LogP contribution in [-0.2, 0) is 6.54 Å². The smallest absolute Gasteiger partial charge is 0.0951 e. The largest absolute Gasteiger partial charge is 0.393 e. The molecule has 1 unspecified atom stereocenters. The van der Waals surface area contributed by atoms with Crippen LogP contribution in [0.25, 0.3) is 0 Å². The highest BCUT2D eigenvalue weighted by atomic mass is 16.3. The summed E-state index contributed by atoms with van der Waals surface area (Å²) in [5.74, 6) is 0. The quantitative estimate of drug-likeness (QED) is 0.688. The zero-order valence-corrected chi connectivity index (χ0v) is 9.89. The molecule has 4 heteroatoms. The van der Waals surface area contributed by atoms with E-state index in [2.05, 4.69) is 14.9 Å². The van der Waals surface area contributed by atoms with Gasteiger partial charge in [0.15, 0.2) is 0 Å². The molecule has 1 saturated carbocycles. The van der Waals surface area contributed by atoms with E-state index in [9.17, 15) is 0 Å². The lowest BCUT2D eigenvalue weighted by Gasteiger charge is -2.08. The number of hydrogen-bond donors (Lipinski definition) is 2. The molecule has 0 bridgehead atoms. The van der Waals surface area contributed by atoms with Crippen molar-refractivity contribution in [2.24, 2.45) is 0 Å². The Morgan fingerprint density at radius 2 is 2.44 bits per heavy atom. The molecule has 16 heavy (non-hydrogen) atoms. The average molecular weight is 223 g/mol. The molecule has 4 nitrogen and oxygen atoms in total. The van der Waals surface area contributed by atoms with Crippen molar-refractivity contribution in [3.8, 4) is 0 Å². The van der Waals surface area contributed by atoms with Gasteiger partial charge in [0.1, 0.15) is 0 Å². The van der Waals surface area contributed by atoms with Crippen LogP contribution in [-0.4, -0.2) is 27.3 Å². The minimum absolute atomic E-state index is 0.182. The maximum absolute atomic E-state index is 9.12. The Morgan fingerprint density at radius 1 is 1.62 bits per heavy atom. The third kappa shape index (κ3) is 3.32. The molecule has 0 spiro atoms. The van der Waals surface area contributed by atoms with E-state index in [1.165, 1.54) is 18.5 Å². The van der Waals surface area contributed by atoms with Crippen LogP contribution >= 0.6 is 0 Å². The number of aromatic nitrogens is 2. The van der Waals surface area contributed by atoms with E-state index in [1.54, 1.807) is 0 Å². The molecule has 1 aromatic heterocycles. The summed E-state index contributed by atoms with van der Waals surface area (Å²) in [6.07, 6.45) is 8.18. The zero-order chi connectivity index (χ0) is 11.4. The Hall–Kier alpha value is -0.870. The molecule has 90 valence electrons. The minimum atomic E-state index is -0.182. The van der Waals surface area contributed by atoms with E-state index < -0.39 is 0 Å². The van der Waals surface area contributed by atoms with Crippen LogP contribution in [0.15, 0.2) is 12.5 Å². The molecule has 0 aromatic carbocycles. The molecule has 2 rings (SSSR count). The second kappa shape index (κ2) is 5.46. The third-order valence-electron chi connectivity index (χ3n) is 2.97. The van der Waals surface area contributed by atoms with Crippen LogP contribution in [0, 0.1) is 0 Å². The lowest BCUT2D eigenvalue weighted by atomic mass is 10.2. The van der Waals surface area contributed by atoms with Crippen LogP contribution in [0.3, 0.4) is 0 Å². The summed E-state index contributed by atoms with van der Waals surface area (Å²) in [5, 5.41) is 12.5. The number of hydrogen-bond acceptors (Lipinski definition) is 3. The van der Waals surface area contributed by atoms with Crippen LogP contribution in [0.5, 0.6) is 0 Å². The van der Waals surface area contributed by atoms with Gasteiger partial charge in [-0.2, -0.15) is 0 Å². The van der Waals surface area contributed by atoms with Crippen LogP contribution in [0.2, 0.25) is 0 Å². The van der Waals surface area contributed by atoms with E-state index in [0.29, 0.717) is 6.04 Å². The summed E-state index contributed by atoms with van der Waals surface area (Å²) in [5.41, 5.74) is 1.28. The highest BCUT2D eigenvalue weighted by Gasteiger charge is 2.24. The molecule has 0 aliphatic heterocycles.